The summed E-state index contributed by atoms with van der Waals surface area (Å²) in [4.78, 5) is 14.7. The van der Waals surface area contributed by atoms with Crippen LogP contribution >= 0.6 is 0 Å². The summed E-state index contributed by atoms with van der Waals surface area (Å²) >= 11 is 0. The van der Waals surface area contributed by atoms with Crippen molar-refractivity contribution < 1.29 is 55.1 Å². The maximum Gasteiger partial charge on any atom is 0.453 e. The summed E-state index contributed by atoms with van der Waals surface area (Å²) in [6.45, 7) is 4.84. The molecule has 1 aromatic carbocycles. The maximum atomic E-state index is 12.7. The van der Waals surface area contributed by atoms with E-state index in [1.165, 1.54) is 0 Å². The first-order valence-corrected chi connectivity index (χ1v) is 9.77. The summed E-state index contributed by atoms with van der Waals surface area (Å²) in [7, 11) is 0. The van der Waals surface area contributed by atoms with Crippen LogP contribution in [0.3, 0.4) is 0 Å². The van der Waals surface area contributed by atoms with Gasteiger partial charge in [0, 0.05) is 42.6 Å². The van der Waals surface area contributed by atoms with Gasteiger partial charge in [-0.1, -0.05) is 13.8 Å². The molecular formula is C19H27NO11. The second kappa shape index (κ2) is 8.06. The minimum atomic E-state index is -3.85. The van der Waals surface area contributed by atoms with Crippen molar-refractivity contribution in [2.24, 2.45) is 11.8 Å². The number of fused-ring (bicyclic) bond motifs is 3. The number of hydrogen-bond donors (Lipinski definition) is 8. The molecule has 12 nitrogen and oxygen atoms in total. The van der Waals surface area contributed by atoms with E-state index in [4.69, 9.17) is 15.3 Å². The topological polar surface area (TPSA) is 201 Å². The van der Waals surface area contributed by atoms with Crippen LogP contribution in [0, 0.1) is 11.8 Å². The van der Waals surface area contributed by atoms with Crippen molar-refractivity contribution >= 4 is 5.78 Å². The summed E-state index contributed by atoms with van der Waals surface area (Å²) in [5.41, 5.74) is 0.117. The summed E-state index contributed by atoms with van der Waals surface area (Å²) in [5.74, 6) is -3.69. The first kappa shape index (κ1) is 23.5. The predicted molar refractivity (Wildman–Crippen MR) is 100 cm³/mol. The average molecular weight is 445 g/mol. The van der Waals surface area contributed by atoms with Crippen LogP contribution in [0.5, 0.6) is 23.0 Å². The molecule has 2 atom stereocenters. The molecule has 1 fully saturated rings. The number of Topliss-reactive ketones (excluding diaryl/α,β-unsaturated/α-hetero) is 1. The van der Waals surface area contributed by atoms with Gasteiger partial charge < -0.3 is 50.3 Å². The maximum absolute atomic E-state index is 12.7. The summed E-state index contributed by atoms with van der Waals surface area (Å²) in [5, 5.41) is 76.4. The Labute approximate surface area is 177 Å². The highest BCUT2D eigenvalue weighted by Gasteiger charge is 2.44. The minimum absolute atomic E-state index is 0.00346. The number of piperidine rings is 1. The molecule has 0 aliphatic carbocycles. The zero-order valence-electron chi connectivity index (χ0n) is 17.0. The number of aromatic hydroxyl groups is 2. The Morgan fingerprint density at radius 2 is 1.55 bits per heavy atom. The number of rotatable bonds is 6. The highest BCUT2D eigenvalue weighted by Crippen LogP contribution is 2.55. The molecule has 0 bridgehead atoms. The van der Waals surface area contributed by atoms with Crippen LogP contribution in [0.1, 0.15) is 43.9 Å². The molecule has 1 saturated heterocycles. The Balaban J connectivity index is 2.10. The van der Waals surface area contributed by atoms with Crippen molar-refractivity contribution in [2.75, 3.05) is 13.1 Å². The van der Waals surface area contributed by atoms with E-state index in [0.717, 1.165) is 0 Å². The molecule has 8 N–H and O–H groups in total. The van der Waals surface area contributed by atoms with E-state index in [0.29, 0.717) is 25.4 Å². The largest absolute Gasteiger partial charge is 0.504 e. The zero-order valence-corrected chi connectivity index (χ0v) is 17.0. The smallest absolute Gasteiger partial charge is 0.453 e. The molecule has 2 aliphatic rings. The first-order chi connectivity index (χ1) is 14.2. The van der Waals surface area contributed by atoms with Crippen molar-refractivity contribution in [2.45, 2.75) is 51.5 Å². The number of ether oxygens (including phenoxy) is 2. The van der Waals surface area contributed by atoms with E-state index >= 15 is 0 Å². The van der Waals surface area contributed by atoms with Gasteiger partial charge in [-0.25, -0.2) is 0 Å². The van der Waals surface area contributed by atoms with Crippen LogP contribution in [0.25, 0.3) is 0 Å². The second-order valence-corrected chi connectivity index (χ2v) is 8.36. The lowest BCUT2D eigenvalue weighted by Crippen LogP contribution is -2.46. The third-order valence-electron chi connectivity index (χ3n) is 5.46. The van der Waals surface area contributed by atoms with Gasteiger partial charge in [-0.05, 0) is 18.8 Å². The number of hydrogen-bond acceptors (Lipinski definition) is 12. The molecule has 2 unspecified atom stereocenters. The van der Waals surface area contributed by atoms with Gasteiger partial charge in [-0.2, -0.15) is 0 Å². The number of phenolic OH excluding ortho intramolecular Hbond substituents is 2. The van der Waals surface area contributed by atoms with Crippen molar-refractivity contribution in [1.82, 2.24) is 4.90 Å². The molecule has 2 aliphatic heterocycles. The summed E-state index contributed by atoms with van der Waals surface area (Å²) < 4.78 is 8.82. The Morgan fingerprint density at radius 1 is 1.00 bits per heavy atom. The lowest BCUT2D eigenvalue weighted by molar-refractivity contribution is -0.428. The quantitative estimate of drug-likeness (QED) is 0.188. The van der Waals surface area contributed by atoms with Crippen LogP contribution < -0.4 is 9.47 Å². The van der Waals surface area contributed by atoms with E-state index in [9.17, 15) is 30.3 Å². The van der Waals surface area contributed by atoms with Crippen molar-refractivity contribution in [1.29, 1.82) is 0 Å². The third kappa shape index (κ3) is 5.01. The van der Waals surface area contributed by atoms with Crippen molar-refractivity contribution in [3.05, 3.63) is 11.1 Å². The molecule has 174 valence electrons. The fourth-order valence-corrected chi connectivity index (χ4v) is 4.38. The SMILES string of the molecule is CC(C)CC1CN2CCc3c(O)c(OC(O)(O)O)c(OC(O)(O)O)c(O)c3C2CC1=O. The number of aliphatic hydroxyl groups is 6. The molecule has 12 heteroatoms. The molecule has 2 heterocycles. The Hall–Kier alpha value is -2.19. The zero-order chi connectivity index (χ0) is 23.3. The van der Waals surface area contributed by atoms with E-state index in [2.05, 4.69) is 9.47 Å². The van der Waals surface area contributed by atoms with Crippen LogP contribution in [-0.2, 0) is 11.2 Å². The van der Waals surface area contributed by atoms with Crippen LogP contribution in [-0.4, -0.2) is 76.9 Å². The Kier molecular flexibility index (Phi) is 6.10. The molecule has 0 aromatic heterocycles. The van der Waals surface area contributed by atoms with Gasteiger partial charge in [0.2, 0.25) is 11.5 Å². The molecule has 3 rings (SSSR count). The third-order valence-corrected chi connectivity index (χ3v) is 5.46. The van der Waals surface area contributed by atoms with E-state index < -0.39 is 41.4 Å². The van der Waals surface area contributed by atoms with Crippen LogP contribution in [0.4, 0.5) is 0 Å². The number of benzene rings is 1. The summed E-state index contributed by atoms with van der Waals surface area (Å²) in [6, 6.07) is -0.686. The second-order valence-electron chi connectivity index (χ2n) is 8.36. The molecule has 1 aromatic rings. The van der Waals surface area contributed by atoms with Gasteiger partial charge in [0.05, 0.1) is 0 Å². The number of ketones is 1. The van der Waals surface area contributed by atoms with Gasteiger partial charge in [-0.3, -0.25) is 9.69 Å². The lowest BCUT2D eigenvalue weighted by Gasteiger charge is -2.43. The lowest BCUT2D eigenvalue weighted by atomic mass is 9.79. The standard InChI is InChI=1S/C19H27NO11/c1-8(2)5-9-7-20-4-3-10-13(11(20)6-12(9)21)15(23)17(31-19(27,28)29)16(14(10)22)30-18(24,25)26/h8-9,11,22-29H,3-7H2,1-2H3. The van der Waals surface area contributed by atoms with Gasteiger partial charge in [-0.15, -0.1) is 0 Å². The Morgan fingerprint density at radius 3 is 2.06 bits per heavy atom. The van der Waals surface area contributed by atoms with Crippen molar-refractivity contribution in [3.63, 3.8) is 0 Å². The fourth-order valence-electron chi connectivity index (χ4n) is 4.38. The van der Waals surface area contributed by atoms with E-state index in [-0.39, 0.29) is 35.7 Å². The molecule has 0 amide bonds. The van der Waals surface area contributed by atoms with Crippen molar-refractivity contribution in [3.8, 4) is 23.0 Å². The Bertz CT molecular complexity index is 856. The van der Waals surface area contributed by atoms with Gasteiger partial charge in [0.1, 0.15) is 5.78 Å². The van der Waals surface area contributed by atoms with E-state index in [1.54, 1.807) is 0 Å². The number of carbonyl (C=O) groups is 1. The van der Waals surface area contributed by atoms with Gasteiger partial charge in [0.15, 0.2) is 11.5 Å². The van der Waals surface area contributed by atoms with Crippen LogP contribution in [0.2, 0.25) is 0 Å². The number of phenols is 2. The number of nitrogens with zero attached hydrogens (tertiary/aromatic N) is 1. The van der Waals surface area contributed by atoms with Gasteiger partial charge in [0.25, 0.3) is 0 Å². The number of carbonyl (C=O) groups excluding carboxylic acids is 1. The molecule has 0 saturated carbocycles. The van der Waals surface area contributed by atoms with E-state index in [1.807, 2.05) is 18.7 Å². The monoisotopic (exact) mass is 445 g/mol. The molecular weight excluding hydrogens is 418 g/mol. The highest BCUT2D eigenvalue weighted by molar-refractivity contribution is 5.83. The normalized spacial score (nSPS) is 22.3. The fraction of sp³-hybridized carbons (Fsp3) is 0.632. The molecule has 0 spiro atoms. The average Bonchev–Trinajstić information content (AvgIpc) is 2.60. The van der Waals surface area contributed by atoms with Gasteiger partial charge >= 0.3 is 12.3 Å². The first-order valence-electron chi connectivity index (χ1n) is 9.77. The predicted octanol–water partition coefficient (Wildman–Crippen LogP) is -1.43. The molecule has 31 heavy (non-hydrogen) atoms. The highest BCUT2D eigenvalue weighted by atomic mass is 16.9. The summed E-state index contributed by atoms with van der Waals surface area (Å²) in [6.07, 6.45) is -6.82. The molecule has 0 radical (unpaired) electrons. The minimum Gasteiger partial charge on any atom is -0.504 e. The van der Waals surface area contributed by atoms with Crippen LogP contribution in [0.15, 0.2) is 0 Å².